The average Bonchev–Trinajstić information content (AvgIpc) is 2.19. The van der Waals surface area contributed by atoms with E-state index in [1.807, 2.05) is 6.26 Å². The van der Waals surface area contributed by atoms with Crippen molar-refractivity contribution in [1.82, 2.24) is 0 Å². The Labute approximate surface area is 97.0 Å². The molecule has 1 nitrogen and oxygen atoms in total. The lowest BCUT2D eigenvalue weighted by Gasteiger charge is -2.01. The van der Waals surface area contributed by atoms with E-state index in [0.717, 1.165) is 19.4 Å². The summed E-state index contributed by atoms with van der Waals surface area (Å²) in [6.45, 7) is 5.26. The lowest BCUT2D eigenvalue weighted by Crippen LogP contribution is -1.86. The van der Waals surface area contributed by atoms with Crippen LogP contribution in [-0.4, -0.2) is 6.61 Å². The lowest BCUT2D eigenvalue weighted by molar-refractivity contribution is 0.242. The summed E-state index contributed by atoms with van der Waals surface area (Å²) in [5.41, 5.74) is 0. The van der Waals surface area contributed by atoms with Crippen LogP contribution in [-0.2, 0) is 4.74 Å². The summed E-state index contributed by atoms with van der Waals surface area (Å²) >= 11 is 3.52. The summed E-state index contributed by atoms with van der Waals surface area (Å²) in [5.74, 6) is 0. The first-order valence-electron chi connectivity index (χ1n) is 5.77. The summed E-state index contributed by atoms with van der Waals surface area (Å²) in [7, 11) is 0. The molecule has 0 aromatic heterocycles. The van der Waals surface area contributed by atoms with Crippen LogP contribution in [0.4, 0.5) is 0 Å². The third kappa shape index (κ3) is 10.1. The molecule has 0 aliphatic rings. The van der Waals surface area contributed by atoms with Crippen molar-refractivity contribution in [2.75, 3.05) is 6.61 Å². The molecule has 84 valence electrons. The van der Waals surface area contributed by atoms with Crippen molar-refractivity contribution in [2.45, 2.75) is 58.8 Å². The highest BCUT2D eigenvalue weighted by Gasteiger charge is 1.93. The zero-order valence-electron chi connectivity index (χ0n) is 9.52. The fraction of sp³-hybridized carbons (Fsp3) is 0.833. The third-order valence-electron chi connectivity index (χ3n) is 2.10. The van der Waals surface area contributed by atoms with Gasteiger partial charge in [0.25, 0.3) is 0 Å². The van der Waals surface area contributed by atoms with Crippen LogP contribution in [0.2, 0.25) is 0 Å². The maximum absolute atomic E-state index is 5.38. The van der Waals surface area contributed by atoms with E-state index in [9.17, 15) is 0 Å². The van der Waals surface area contributed by atoms with Crippen molar-refractivity contribution in [3.63, 3.8) is 0 Å². The van der Waals surface area contributed by atoms with Gasteiger partial charge in [-0.3, -0.25) is 0 Å². The number of hydrogen-bond acceptors (Lipinski definition) is 1. The van der Waals surface area contributed by atoms with Crippen LogP contribution in [0.25, 0.3) is 0 Å². The smallest absolute Gasteiger partial charge is 0.0930 e. The first-order chi connectivity index (χ1) is 6.81. The molecule has 0 aromatic rings. The third-order valence-corrected chi connectivity index (χ3v) is 2.68. The first kappa shape index (κ1) is 14.0. The molecule has 0 aliphatic heterocycles. The van der Waals surface area contributed by atoms with Gasteiger partial charge in [0.05, 0.1) is 12.9 Å². The molecule has 0 atom stereocenters. The molecule has 0 heterocycles. The minimum atomic E-state index is 0.848. The van der Waals surface area contributed by atoms with E-state index in [1.54, 1.807) is 0 Å². The van der Waals surface area contributed by atoms with Gasteiger partial charge in [0.1, 0.15) is 0 Å². The lowest BCUT2D eigenvalue weighted by atomic mass is 10.1. The van der Waals surface area contributed by atoms with Crippen LogP contribution in [0.3, 0.4) is 0 Å². The van der Waals surface area contributed by atoms with Crippen molar-refractivity contribution in [3.05, 3.63) is 10.7 Å². The second kappa shape index (κ2) is 11.1. The summed E-state index contributed by atoms with van der Waals surface area (Å²) in [6.07, 6.45) is 10.6. The Morgan fingerprint density at radius 2 is 1.79 bits per heavy atom. The van der Waals surface area contributed by atoms with Gasteiger partial charge in [-0.2, -0.15) is 0 Å². The maximum atomic E-state index is 5.38. The number of ether oxygens (including phenoxy) is 1. The standard InChI is InChI=1S/C12H23BrO/c1-3-5-7-8-9-12(13)11-14-10-6-4-2/h11H,3-10H2,1-2H3/b12-11-. The Morgan fingerprint density at radius 1 is 1.07 bits per heavy atom. The molecule has 14 heavy (non-hydrogen) atoms. The predicted octanol–water partition coefficient (Wildman–Crippen LogP) is 5.01. The number of hydrogen-bond donors (Lipinski definition) is 0. The zero-order valence-corrected chi connectivity index (χ0v) is 11.1. The second-order valence-corrected chi connectivity index (χ2v) is 4.62. The van der Waals surface area contributed by atoms with Crippen molar-refractivity contribution in [2.24, 2.45) is 0 Å². The molecular formula is C12H23BrO. The van der Waals surface area contributed by atoms with Crippen LogP contribution in [0.1, 0.15) is 58.8 Å². The van der Waals surface area contributed by atoms with E-state index in [-0.39, 0.29) is 0 Å². The van der Waals surface area contributed by atoms with E-state index in [0.29, 0.717) is 0 Å². The quantitative estimate of drug-likeness (QED) is 0.419. The normalized spacial score (nSPS) is 11.8. The molecule has 0 amide bonds. The van der Waals surface area contributed by atoms with Gasteiger partial charge in [-0.15, -0.1) is 0 Å². The molecule has 0 fully saturated rings. The number of halogens is 1. The van der Waals surface area contributed by atoms with Gasteiger partial charge in [0.15, 0.2) is 0 Å². The Bertz CT molecular complexity index is 143. The van der Waals surface area contributed by atoms with Gasteiger partial charge < -0.3 is 4.74 Å². The maximum Gasteiger partial charge on any atom is 0.0930 e. The van der Waals surface area contributed by atoms with Crippen molar-refractivity contribution >= 4 is 15.9 Å². The van der Waals surface area contributed by atoms with Crippen molar-refractivity contribution in [1.29, 1.82) is 0 Å². The molecule has 0 radical (unpaired) electrons. The Morgan fingerprint density at radius 3 is 2.43 bits per heavy atom. The molecule has 0 aliphatic carbocycles. The largest absolute Gasteiger partial charge is 0.500 e. The topological polar surface area (TPSA) is 9.23 Å². The van der Waals surface area contributed by atoms with Gasteiger partial charge in [-0.05, 0) is 19.3 Å². The highest BCUT2D eigenvalue weighted by Crippen LogP contribution is 2.15. The van der Waals surface area contributed by atoms with E-state index >= 15 is 0 Å². The fourth-order valence-electron chi connectivity index (χ4n) is 1.16. The molecular weight excluding hydrogens is 240 g/mol. The number of rotatable bonds is 9. The van der Waals surface area contributed by atoms with Crippen LogP contribution >= 0.6 is 15.9 Å². The average molecular weight is 263 g/mol. The van der Waals surface area contributed by atoms with Crippen molar-refractivity contribution < 1.29 is 4.74 Å². The number of unbranched alkanes of at least 4 members (excludes halogenated alkanes) is 4. The fourth-order valence-corrected chi connectivity index (χ4v) is 1.57. The van der Waals surface area contributed by atoms with Crippen LogP contribution in [0.15, 0.2) is 10.7 Å². The Kier molecular flexibility index (Phi) is 11.1. The summed E-state index contributed by atoms with van der Waals surface area (Å²) in [6, 6.07) is 0. The van der Waals surface area contributed by atoms with E-state index in [1.165, 1.54) is 36.6 Å². The van der Waals surface area contributed by atoms with E-state index in [2.05, 4.69) is 29.8 Å². The molecule has 2 heteroatoms. The van der Waals surface area contributed by atoms with Gasteiger partial charge >= 0.3 is 0 Å². The van der Waals surface area contributed by atoms with Crippen LogP contribution in [0.5, 0.6) is 0 Å². The molecule has 0 saturated heterocycles. The number of allylic oxidation sites excluding steroid dienone is 1. The Balaban J connectivity index is 3.28. The Hall–Kier alpha value is 0.0200. The van der Waals surface area contributed by atoms with E-state index < -0.39 is 0 Å². The molecule has 0 N–H and O–H groups in total. The summed E-state index contributed by atoms with van der Waals surface area (Å²) < 4.78 is 6.58. The van der Waals surface area contributed by atoms with Crippen LogP contribution < -0.4 is 0 Å². The molecule has 0 saturated carbocycles. The second-order valence-electron chi connectivity index (χ2n) is 3.60. The highest BCUT2D eigenvalue weighted by atomic mass is 79.9. The minimum absolute atomic E-state index is 0.848. The molecule has 0 bridgehead atoms. The van der Waals surface area contributed by atoms with Crippen LogP contribution in [0, 0.1) is 0 Å². The highest BCUT2D eigenvalue weighted by molar-refractivity contribution is 9.11. The monoisotopic (exact) mass is 262 g/mol. The first-order valence-corrected chi connectivity index (χ1v) is 6.56. The van der Waals surface area contributed by atoms with Gasteiger partial charge in [0, 0.05) is 4.48 Å². The molecule has 0 rings (SSSR count). The van der Waals surface area contributed by atoms with Gasteiger partial charge in [-0.25, -0.2) is 0 Å². The minimum Gasteiger partial charge on any atom is -0.500 e. The van der Waals surface area contributed by atoms with Gasteiger partial charge in [0.2, 0.25) is 0 Å². The summed E-state index contributed by atoms with van der Waals surface area (Å²) in [4.78, 5) is 0. The predicted molar refractivity (Wildman–Crippen MR) is 66.6 cm³/mol. The molecule has 0 spiro atoms. The summed E-state index contributed by atoms with van der Waals surface area (Å²) in [5, 5.41) is 0. The molecule has 0 aromatic carbocycles. The SMILES string of the molecule is CCCCCC/C(Br)=C/OCCCC. The van der Waals surface area contributed by atoms with E-state index in [4.69, 9.17) is 4.74 Å². The van der Waals surface area contributed by atoms with Gasteiger partial charge in [-0.1, -0.05) is 55.5 Å². The zero-order chi connectivity index (χ0) is 10.6. The molecule has 0 unspecified atom stereocenters. The van der Waals surface area contributed by atoms with Crippen molar-refractivity contribution in [3.8, 4) is 0 Å².